The van der Waals surface area contributed by atoms with E-state index in [1.807, 2.05) is 6.07 Å². The first-order valence-corrected chi connectivity index (χ1v) is 6.96. The van der Waals surface area contributed by atoms with Crippen molar-refractivity contribution in [1.29, 1.82) is 5.26 Å². The van der Waals surface area contributed by atoms with Crippen LogP contribution >= 0.6 is 0 Å². The molecule has 0 fully saturated rings. The Morgan fingerprint density at radius 2 is 1.88 bits per heavy atom. The molecule has 0 unspecified atom stereocenters. The van der Waals surface area contributed by atoms with E-state index in [4.69, 9.17) is 24.2 Å². The molecule has 0 N–H and O–H groups in total. The van der Waals surface area contributed by atoms with Crippen LogP contribution in [0.1, 0.15) is 5.56 Å². The number of hydrogen-bond acceptors (Lipinski definition) is 6. The van der Waals surface area contributed by atoms with Gasteiger partial charge in [-0.25, -0.2) is 4.79 Å². The average molecular weight is 329 g/mol. The molecule has 0 aliphatic carbocycles. The van der Waals surface area contributed by atoms with Gasteiger partial charge in [-0.15, -0.1) is 0 Å². The molecule has 6 heteroatoms. The highest BCUT2D eigenvalue weighted by Gasteiger charge is 2.18. The third kappa shape index (κ3) is 5.63. The Hall–Kier alpha value is -3.04. The second-order valence-electron chi connectivity index (χ2n) is 4.48. The third-order valence-corrected chi connectivity index (χ3v) is 2.91. The quantitative estimate of drug-likeness (QED) is 0.240. The first-order chi connectivity index (χ1) is 11.5. The summed E-state index contributed by atoms with van der Waals surface area (Å²) in [5.41, 5.74) is 0.640. The van der Waals surface area contributed by atoms with Gasteiger partial charge in [-0.3, -0.25) is 0 Å². The van der Waals surface area contributed by atoms with Gasteiger partial charge in [0.2, 0.25) is 0 Å². The van der Waals surface area contributed by atoms with Crippen LogP contribution in [-0.4, -0.2) is 33.9 Å². The molecule has 6 nitrogen and oxygen atoms in total. The molecule has 0 amide bonds. The monoisotopic (exact) mass is 329 g/mol. The largest absolute Gasteiger partial charge is 0.497 e. The SMILES string of the molecule is C=C(/C=C(OC)\C(=C/COC)C(=O)Oc1ccc(C#N)cc1)OC. The van der Waals surface area contributed by atoms with Crippen LogP contribution in [0.25, 0.3) is 0 Å². The standard InChI is InChI=1S/C18H19NO5/c1-13(22-3)11-17(23-4)16(9-10-21-2)18(20)24-15-7-5-14(12-19)6-8-15/h5-9,11H,1,10H2,2-4H3/b16-9+,17-11+. The Bertz CT molecular complexity index is 680. The van der Waals surface area contributed by atoms with Gasteiger partial charge < -0.3 is 18.9 Å². The molecule has 0 radical (unpaired) electrons. The number of allylic oxidation sites excluding steroid dienone is 1. The lowest BCUT2D eigenvalue weighted by atomic mass is 10.2. The van der Waals surface area contributed by atoms with Crippen LogP contribution < -0.4 is 4.74 Å². The normalized spacial score (nSPS) is 11.4. The molecule has 1 aromatic carbocycles. The molecule has 0 saturated carbocycles. The summed E-state index contributed by atoms with van der Waals surface area (Å²) in [4.78, 5) is 12.4. The summed E-state index contributed by atoms with van der Waals surface area (Å²) in [7, 11) is 4.38. The van der Waals surface area contributed by atoms with Gasteiger partial charge in [0, 0.05) is 13.2 Å². The third-order valence-electron chi connectivity index (χ3n) is 2.91. The molecule has 0 atom stereocenters. The fourth-order valence-electron chi connectivity index (χ4n) is 1.66. The van der Waals surface area contributed by atoms with E-state index in [0.717, 1.165) is 0 Å². The van der Waals surface area contributed by atoms with Crippen LogP contribution in [-0.2, 0) is 19.0 Å². The molecule has 1 rings (SSSR count). The number of carbonyl (C=O) groups is 1. The molecule has 0 aliphatic rings. The van der Waals surface area contributed by atoms with Crippen molar-refractivity contribution in [2.45, 2.75) is 0 Å². The molecular weight excluding hydrogens is 310 g/mol. The van der Waals surface area contributed by atoms with E-state index in [9.17, 15) is 4.79 Å². The molecular formula is C18H19NO5. The summed E-state index contributed by atoms with van der Waals surface area (Å²) in [6, 6.07) is 8.18. The van der Waals surface area contributed by atoms with E-state index < -0.39 is 5.97 Å². The number of ether oxygens (including phenoxy) is 4. The van der Waals surface area contributed by atoms with Gasteiger partial charge in [0.1, 0.15) is 22.8 Å². The highest BCUT2D eigenvalue weighted by Crippen LogP contribution is 2.19. The summed E-state index contributed by atoms with van der Waals surface area (Å²) in [5, 5.41) is 8.78. The Labute approximate surface area is 141 Å². The zero-order valence-corrected chi connectivity index (χ0v) is 13.9. The molecule has 1 aromatic rings. The summed E-state index contributed by atoms with van der Waals surface area (Å²) >= 11 is 0. The minimum absolute atomic E-state index is 0.168. The summed E-state index contributed by atoms with van der Waals surface area (Å²) in [5.74, 6) is 0.232. The lowest BCUT2D eigenvalue weighted by molar-refractivity contribution is -0.130. The van der Waals surface area contributed by atoms with Crippen molar-refractivity contribution in [1.82, 2.24) is 0 Å². The molecule has 0 saturated heterocycles. The Kier molecular flexibility index (Phi) is 7.82. The minimum Gasteiger partial charge on any atom is -0.497 e. The van der Waals surface area contributed by atoms with E-state index in [2.05, 4.69) is 6.58 Å². The van der Waals surface area contributed by atoms with E-state index in [1.54, 1.807) is 12.1 Å². The van der Waals surface area contributed by atoms with Gasteiger partial charge in [0.05, 0.1) is 32.5 Å². The van der Waals surface area contributed by atoms with Crippen molar-refractivity contribution in [3.63, 3.8) is 0 Å². The number of hydrogen-bond donors (Lipinski definition) is 0. The second-order valence-corrected chi connectivity index (χ2v) is 4.48. The summed E-state index contributed by atoms with van der Waals surface area (Å²) in [6.45, 7) is 3.86. The minimum atomic E-state index is -0.631. The molecule has 24 heavy (non-hydrogen) atoms. The van der Waals surface area contributed by atoms with Crippen molar-refractivity contribution in [2.75, 3.05) is 27.9 Å². The topological polar surface area (TPSA) is 77.8 Å². The van der Waals surface area contributed by atoms with Crippen LogP contribution in [0, 0.1) is 11.3 Å². The van der Waals surface area contributed by atoms with Crippen LogP contribution in [0.4, 0.5) is 0 Å². The number of nitriles is 1. The first kappa shape index (κ1) is 19.0. The van der Waals surface area contributed by atoms with Gasteiger partial charge in [-0.2, -0.15) is 5.26 Å². The van der Waals surface area contributed by atoms with E-state index >= 15 is 0 Å². The Balaban J connectivity index is 3.06. The number of rotatable bonds is 8. The molecule has 0 aliphatic heterocycles. The van der Waals surface area contributed by atoms with Gasteiger partial charge in [-0.05, 0) is 30.3 Å². The van der Waals surface area contributed by atoms with Crippen molar-refractivity contribution in [3.05, 3.63) is 65.7 Å². The number of carbonyl (C=O) groups excluding carboxylic acids is 1. The number of esters is 1. The van der Waals surface area contributed by atoms with E-state index in [1.165, 1.54) is 45.6 Å². The van der Waals surface area contributed by atoms with E-state index in [0.29, 0.717) is 17.1 Å². The zero-order valence-electron chi connectivity index (χ0n) is 13.9. The van der Waals surface area contributed by atoms with E-state index in [-0.39, 0.29) is 17.9 Å². The average Bonchev–Trinajstić information content (AvgIpc) is 2.61. The molecule has 0 spiro atoms. The van der Waals surface area contributed by atoms with Crippen molar-refractivity contribution in [2.24, 2.45) is 0 Å². The lowest BCUT2D eigenvalue weighted by Crippen LogP contribution is -2.15. The Morgan fingerprint density at radius 3 is 2.38 bits per heavy atom. The Morgan fingerprint density at radius 1 is 1.21 bits per heavy atom. The maximum absolute atomic E-state index is 12.4. The molecule has 126 valence electrons. The first-order valence-electron chi connectivity index (χ1n) is 6.96. The molecule has 0 aromatic heterocycles. The maximum Gasteiger partial charge on any atom is 0.347 e. The van der Waals surface area contributed by atoms with Crippen LogP contribution in [0.2, 0.25) is 0 Å². The fourth-order valence-corrected chi connectivity index (χ4v) is 1.66. The molecule has 0 heterocycles. The van der Waals surface area contributed by atoms with Crippen molar-refractivity contribution < 1.29 is 23.7 Å². The molecule has 0 bridgehead atoms. The second kappa shape index (κ2) is 9.87. The van der Waals surface area contributed by atoms with Crippen molar-refractivity contribution in [3.8, 4) is 11.8 Å². The fraction of sp³-hybridized carbons (Fsp3) is 0.222. The van der Waals surface area contributed by atoms with Crippen LogP contribution in [0.3, 0.4) is 0 Å². The lowest BCUT2D eigenvalue weighted by Gasteiger charge is -2.12. The van der Waals surface area contributed by atoms with Crippen molar-refractivity contribution >= 4 is 5.97 Å². The highest BCUT2D eigenvalue weighted by atomic mass is 16.5. The maximum atomic E-state index is 12.4. The number of benzene rings is 1. The van der Waals surface area contributed by atoms with Crippen LogP contribution in [0.15, 0.2) is 60.1 Å². The predicted molar refractivity (Wildman–Crippen MR) is 88.0 cm³/mol. The smallest absolute Gasteiger partial charge is 0.347 e. The number of methoxy groups -OCH3 is 3. The van der Waals surface area contributed by atoms with Gasteiger partial charge in [0.15, 0.2) is 0 Å². The number of nitrogens with zero attached hydrogens (tertiary/aromatic N) is 1. The van der Waals surface area contributed by atoms with Gasteiger partial charge in [0.25, 0.3) is 0 Å². The summed E-state index contributed by atoms with van der Waals surface area (Å²) < 4.78 is 20.5. The highest BCUT2D eigenvalue weighted by molar-refractivity contribution is 5.94. The van der Waals surface area contributed by atoms with Gasteiger partial charge in [-0.1, -0.05) is 6.58 Å². The van der Waals surface area contributed by atoms with Gasteiger partial charge >= 0.3 is 5.97 Å². The summed E-state index contributed by atoms with van der Waals surface area (Å²) in [6.07, 6.45) is 3.01. The predicted octanol–water partition coefficient (Wildman–Crippen LogP) is 2.73. The zero-order chi connectivity index (χ0) is 17.9. The van der Waals surface area contributed by atoms with Crippen LogP contribution in [0.5, 0.6) is 5.75 Å².